The van der Waals surface area contributed by atoms with E-state index in [1.807, 2.05) is 0 Å². The number of benzene rings is 2. The van der Waals surface area contributed by atoms with Gasteiger partial charge in [-0.3, -0.25) is 43.6 Å². The van der Waals surface area contributed by atoms with E-state index < -0.39 is 96.1 Å². The second-order valence-corrected chi connectivity index (χ2v) is 11.8. The molecule has 0 radical (unpaired) electrons. The number of hydrogen-bond acceptors (Lipinski definition) is 19. The van der Waals surface area contributed by atoms with E-state index in [0.29, 0.717) is 12.1 Å². The zero-order valence-corrected chi connectivity index (χ0v) is 34.2. The molecule has 3 aliphatic rings. The number of nitrogens with zero attached hydrogens (tertiary/aromatic N) is 3. The standard InChI is InChI=1S/C16H12N2O11S.C8H5O4.C4H5NO3.2Na.O3S/c19-11-1-2-12(20)17(11)28-15(23)8-5-9(7-10(6-8)30(25,26)27)16(24)29-18-13(21)3-4-14(18)22;9-7(10)5-2-1-3-6(4-5)8(11)12;6-3-1-2-4(7)5(3)8;;;1-4(2)3/h5-7H,1-4H2,(H,25,26,27);2-4H,(H,9,10)(H,11,12);8H,1-2H2;;;/q;-1;;2*+1;/p-1. The summed E-state index contributed by atoms with van der Waals surface area (Å²) in [7, 11) is -8.28. The van der Waals surface area contributed by atoms with Gasteiger partial charge >= 0.3 is 81.7 Å². The van der Waals surface area contributed by atoms with Gasteiger partial charge in [0.25, 0.3) is 47.4 Å². The van der Waals surface area contributed by atoms with Gasteiger partial charge in [0.2, 0.25) is 0 Å². The van der Waals surface area contributed by atoms with Crippen LogP contribution in [0.5, 0.6) is 0 Å². The molecule has 3 aliphatic heterocycles. The molecule has 0 atom stereocenters. The fraction of sp³-hybridized carbons (Fsp3) is 0.214. The van der Waals surface area contributed by atoms with Crippen LogP contribution >= 0.6 is 0 Å². The number of rotatable bonds is 7. The zero-order chi connectivity index (χ0) is 41.1. The van der Waals surface area contributed by atoms with Gasteiger partial charge in [-0.1, -0.05) is 0 Å². The first-order valence-electron chi connectivity index (χ1n) is 14.1. The molecule has 28 heteroatoms. The molecule has 0 bridgehead atoms. The van der Waals surface area contributed by atoms with Crippen molar-refractivity contribution >= 4 is 80.0 Å². The van der Waals surface area contributed by atoms with Gasteiger partial charge in [0.05, 0.1) is 16.0 Å². The van der Waals surface area contributed by atoms with Crippen molar-refractivity contribution in [1.82, 2.24) is 15.2 Å². The molecule has 288 valence electrons. The molecule has 0 aliphatic carbocycles. The average molecular weight is 846 g/mol. The molecule has 0 spiro atoms. The van der Waals surface area contributed by atoms with Crippen LogP contribution in [-0.2, 0) is 59.2 Å². The first-order valence-corrected chi connectivity index (χ1v) is 16.5. The molecular formula is C28H21N3Na2O21S2. The molecular weight excluding hydrogens is 824 g/mol. The molecule has 6 amide bonds. The largest absolute Gasteiger partial charge is 1.00 e. The van der Waals surface area contributed by atoms with E-state index in [0.717, 1.165) is 12.1 Å². The van der Waals surface area contributed by atoms with Crippen molar-refractivity contribution in [3.63, 3.8) is 0 Å². The number of carbonyl (C=O) groups is 10. The molecule has 5 rings (SSSR count). The number of carboxylic acids is 2. The number of carbonyl (C=O) groups excluding carboxylic acids is 8. The van der Waals surface area contributed by atoms with Crippen molar-refractivity contribution < 1.29 is 158 Å². The van der Waals surface area contributed by atoms with Crippen molar-refractivity contribution in [2.75, 3.05) is 0 Å². The summed E-state index contributed by atoms with van der Waals surface area (Å²) in [4.78, 5) is 120. The molecule has 0 saturated carbocycles. The summed E-state index contributed by atoms with van der Waals surface area (Å²) >= 11 is 0. The SMILES string of the molecule is O=C(O)c1c[c-]cc(C(=O)O)c1.O=C(ON1C(=O)CCC1=O)c1cc(C(=O)ON2C(=O)CCC2=O)cc(S(=O)(=O)[O-])c1.O=C1CCC(=O)N1O.O=S(=O)=O.[Na+].[Na+]. The average Bonchev–Trinajstić information content (AvgIpc) is 3.70. The van der Waals surface area contributed by atoms with Gasteiger partial charge in [-0.2, -0.15) is 23.3 Å². The molecule has 0 aromatic heterocycles. The third-order valence-electron chi connectivity index (χ3n) is 6.33. The molecule has 0 unspecified atom stereocenters. The fourth-order valence-electron chi connectivity index (χ4n) is 3.85. The molecule has 3 saturated heterocycles. The quantitative estimate of drug-likeness (QED) is 0.0766. The normalized spacial score (nSPS) is 14.4. The number of hydrogen-bond donors (Lipinski definition) is 3. The molecule has 3 fully saturated rings. The molecule has 2 aromatic rings. The van der Waals surface area contributed by atoms with Gasteiger partial charge in [0, 0.05) is 38.5 Å². The van der Waals surface area contributed by atoms with E-state index in [2.05, 4.69) is 15.7 Å². The van der Waals surface area contributed by atoms with Crippen LogP contribution in [0.2, 0.25) is 0 Å². The Kier molecular flexibility index (Phi) is 20.8. The van der Waals surface area contributed by atoms with E-state index in [-0.39, 0.29) is 124 Å². The second-order valence-electron chi connectivity index (χ2n) is 10.0. The summed E-state index contributed by atoms with van der Waals surface area (Å²) in [5.41, 5.74) is -1.50. The zero-order valence-electron chi connectivity index (χ0n) is 28.6. The number of amides is 6. The van der Waals surface area contributed by atoms with Crippen LogP contribution in [0.1, 0.15) is 80.0 Å². The van der Waals surface area contributed by atoms with Gasteiger partial charge in [-0.15, -0.1) is 28.8 Å². The molecule has 3 heterocycles. The van der Waals surface area contributed by atoms with Gasteiger partial charge in [0.1, 0.15) is 10.1 Å². The Morgan fingerprint density at radius 3 is 1.14 bits per heavy atom. The molecule has 3 N–H and O–H groups in total. The Hall–Kier alpha value is -4.77. The monoisotopic (exact) mass is 845 g/mol. The second kappa shape index (κ2) is 22.7. The third kappa shape index (κ3) is 15.4. The predicted molar refractivity (Wildman–Crippen MR) is 159 cm³/mol. The third-order valence-corrected chi connectivity index (χ3v) is 7.15. The van der Waals surface area contributed by atoms with Crippen molar-refractivity contribution in [2.24, 2.45) is 0 Å². The topological polar surface area (TPSA) is 368 Å². The Balaban J connectivity index is 0.000000950. The van der Waals surface area contributed by atoms with Crippen molar-refractivity contribution in [3.8, 4) is 0 Å². The Morgan fingerprint density at radius 2 is 0.893 bits per heavy atom. The summed E-state index contributed by atoms with van der Waals surface area (Å²) in [6.07, 6.45) is -0.495. The van der Waals surface area contributed by atoms with Crippen LogP contribution in [0.25, 0.3) is 0 Å². The number of aromatic carboxylic acids is 2. The minimum atomic E-state index is -5.17. The first kappa shape index (κ1) is 51.2. The number of carboxylic acid groups (broad SMARTS) is 2. The van der Waals surface area contributed by atoms with Crippen molar-refractivity contribution in [2.45, 2.75) is 43.4 Å². The molecule has 2 aromatic carbocycles. The summed E-state index contributed by atoms with van der Waals surface area (Å²) in [5.74, 6) is -9.40. The van der Waals surface area contributed by atoms with Crippen LogP contribution in [0.4, 0.5) is 0 Å². The summed E-state index contributed by atoms with van der Waals surface area (Å²) in [6.45, 7) is 0. The Morgan fingerprint density at radius 1 is 0.607 bits per heavy atom. The van der Waals surface area contributed by atoms with Gasteiger partial charge in [0.15, 0.2) is 0 Å². The first-order chi connectivity index (χ1) is 25.0. The maximum atomic E-state index is 12.3. The van der Waals surface area contributed by atoms with E-state index in [9.17, 15) is 60.9 Å². The van der Waals surface area contributed by atoms with Gasteiger partial charge in [-0.05, 0) is 29.3 Å². The van der Waals surface area contributed by atoms with Crippen LogP contribution < -0.4 is 59.1 Å². The maximum Gasteiger partial charge on any atom is 1.00 e. The van der Waals surface area contributed by atoms with E-state index in [1.54, 1.807) is 0 Å². The van der Waals surface area contributed by atoms with E-state index in [1.165, 1.54) is 12.1 Å². The van der Waals surface area contributed by atoms with Crippen molar-refractivity contribution in [3.05, 3.63) is 64.7 Å². The minimum absolute atomic E-state index is 0. The molecule has 56 heavy (non-hydrogen) atoms. The number of hydroxylamine groups is 6. The summed E-state index contributed by atoms with van der Waals surface area (Å²) in [6, 6.07) is 7.83. The van der Waals surface area contributed by atoms with Crippen LogP contribution in [0.3, 0.4) is 0 Å². The summed E-state index contributed by atoms with van der Waals surface area (Å²) < 4.78 is 59.5. The van der Waals surface area contributed by atoms with Crippen LogP contribution in [0, 0.1) is 6.07 Å². The molecule has 24 nitrogen and oxygen atoms in total. The maximum absolute atomic E-state index is 12.3. The van der Waals surface area contributed by atoms with E-state index >= 15 is 0 Å². The Bertz CT molecular complexity index is 2030. The van der Waals surface area contributed by atoms with Crippen LogP contribution in [0.15, 0.2) is 41.3 Å². The predicted octanol–water partition coefficient (Wildman–Crippen LogP) is -7.56. The van der Waals surface area contributed by atoms with E-state index in [4.69, 9.17) is 28.0 Å². The minimum Gasteiger partial charge on any atom is -0.744 e. The number of imide groups is 3. The fourth-order valence-corrected chi connectivity index (χ4v) is 4.39. The van der Waals surface area contributed by atoms with Crippen molar-refractivity contribution in [1.29, 1.82) is 0 Å². The summed E-state index contributed by atoms with van der Waals surface area (Å²) in [5, 5.41) is 25.9. The Labute approximate surface area is 358 Å². The van der Waals surface area contributed by atoms with Gasteiger partial charge < -0.3 is 24.4 Å². The smallest absolute Gasteiger partial charge is 0.744 e. The van der Waals surface area contributed by atoms with Crippen LogP contribution in [-0.4, -0.2) is 116 Å². The van der Waals surface area contributed by atoms with Gasteiger partial charge in [-0.25, -0.2) is 18.0 Å².